The van der Waals surface area contributed by atoms with Crippen molar-refractivity contribution in [3.8, 4) is 0 Å². The van der Waals surface area contributed by atoms with Gasteiger partial charge in [-0.15, -0.1) is 0 Å². The number of ether oxygens (including phenoxy) is 1. The maximum Gasteiger partial charge on any atom is 0.256 e. The molecule has 0 atom stereocenters. The highest BCUT2D eigenvalue weighted by molar-refractivity contribution is 7.89. The maximum absolute atomic E-state index is 12.7. The molecular weight excluding hydrogens is 354 g/mol. The molecular formula is C18H21N3O4S. The number of benzene rings is 2. The number of aryl methyl sites for hydroxylation is 1. The number of rotatable bonds is 4. The van der Waals surface area contributed by atoms with E-state index >= 15 is 0 Å². The SMILES string of the molecule is Cc1ccc(N)cc1C(=O)Nc1cccc(S(=O)(=O)N2CCOCC2)c1. The van der Waals surface area contributed by atoms with Crippen LogP contribution in [0.2, 0.25) is 0 Å². The molecule has 0 aromatic heterocycles. The van der Waals surface area contributed by atoms with Crippen LogP contribution in [0.1, 0.15) is 15.9 Å². The average Bonchev–Trinajstić information content (AvgIpc) is 2.64. The molecule has 2 aromatic rings. The zero-order chi connectivity index (χ0) is 18.7. The van der Waals surface area contributed by atoms with Crippen molar-refractivity contribution in [1.82, 2.24) is 4.31 Å². The molecule has 0 radical (unpaired) electrons. The van der Waals surface area contributed by atoms with E-state index in [4.69, 9.17) is 10.5 Å². The van der Waals surface area contributed by atoms with E-state index in [9.17, 15) is 13.2 Å². The molecule has 1 aliphatic rings. The van der Waals surface area contributed by atoms with E-state index in [2.05, 4.69) is 5.32 Å². The Labute approximate surface area is 152 Å². The second kappa shape index (κ2) is 7.45. The van der Waals surface area contributed by atoms with E-state index in [1.54, 1.807) is 30.3 Å². The van der Waals surface area contributed by atoms with Gasteiger partial charge in [-0.2, -0.15) is 4.31 Å². The fourth-order valence-electron chi connectivity index (χ4n) is 2.75. The summed E-state index contributed by atoms with van der Waals surface area (Å²) >= 11 is 0. The van der Waals surface area contributed by atoms with Crippen molar-refractivity contribution in [3.63, 3.8) is 0 Å². The minimum Gasteiger partial charge on any atom is -0.399 e. The second-order valence-corrected chi connectivity index (χ2v) is 8.01. The van der Waals surface area contributed by atoms with Gasteiger partial charge >= 0.3 is 0 Å². The van der Waals surface area contributed by atoms with Crippen molar-refractivity contribution >= 4 is 27.3 Å². The number of amides is 1. The Morgan fingerprint density at radius 2 is 1.88 bits per heavy atom. The summed E-state index contributed by atoms with van der Waals surface area (Å²) in [6.07, 6.45) is 0. The van der Waals surface area contributed by atoms with Gasteiger partial charge in [0.05, 0.1) is 18.1 Å². The maximum atomic E-state index is 12.7. The second-order valence-electron chi connectivity index (χ2n) is 6.07. The lowest BCUT2D eigenvalue weighted by Gasteiger charge is -2.26. The molecule has 1 heterocycles. The van der Waals surface area contributed by atoms with Gasteiger partial charge in [0, 0.05) is 30.0 Å². The normalized spacial score (nSPS) is 15.6. The lowest BCUT2D eigenvalue weighted by Crippen LogP contribution is -2.40. The topological polar surface area (TPSA) is 102 Å². The number of nitrogen functional groups attached to an aromatic ring is 1. The molecule has 3 rings (SSSR count). The summed E-state index contributed by atoms with van der Waals surface area (Å²) in [6, 6.07) is 11.3. The Morgan fingerprint density at radius 1 is 1.15 bits per heavy atom. The minimum atomic E-state index is -3.62. The summed E-state index contributed by atoms with van der Waals surface area (Å²) in [4.78, 5) is 12.6. The van der Waals surface area contributed by atoms with Gasteiger partial charge in [-0.25, -0.2) is 8.42 Å². The quantitative estimate of drug-likeness (QED) is 0.794. The first-order valence-corrected chi connectivity index (χ1v) is 9.67. The summed E-state index contributed by atoms with van der Waals surface area (Å²) < 4.78 is 32.1. The lowest BCUT2D eigenvalue weighted by atomic mass is 10.1. The zero-order valence-corrected chi connectivity index (χ0v) is 15.3. The molecule has 7 nitrogen and oxygen atoms in total. The van der Waals surface area contributed by atoms with Crippen LogP contribution in [-0.2, 0) is 14.8 Å². The molecule has 1 amide bonds. The van der Waals surface area contributed by atoms with Gasteiger partial charge in [0.1, 0.15) is 0 Å². The van der Waals surface area contributed by atoms with Crippen molar-refractivity contribution in [2.24, 2.45) is 0 Å². The Balaban J connectivity index is 1.83. The van der Waals surface area contributed by atoms with Crippen LogP contribution >= 0.6 is 0 Å². The molecule has 1 fully saturated rings. The number of carbonyl (C=O) groups is 1. The van der Waals surface area contributed by atoms with Crippen LogP contribution in [-0.4, -0.2) is 44.9 Å². The molecule has 1 saturated heterocycles. The number of hydrogen-bond donors (Lipinski definition) is 2. The highest BCUT2D eigenvalue weighted by Crippen LogP contribution is 2.22. The monoisotopic (exact) mass is 375 g/mol. The first-order chi connectivity index (χ1) is 12.4. The van der Waals surface area contributed by atoms with Crippen molar-refractivity contribution in [2.45, 2.75) is 11.8 Å². The van der Waals surface area contributed by atoms with Crippen molar-refractivity contribution in [2.75, 3.05) is 37.4 Å². The Kier molecular flexibility index (Phi) is 5.26. The fourth-order valence-corrected chi connectivity index (χ4v) is 4.21. The first kappa shape index (κ1) is 18.4. The summed E-state index contributed by atoms with van der Waals surface area (Å²) in [6.45, 7) is 3.21. The molecule has 0 aliphatic carbocycles. The number of morpholine rings is 1. The van der Waals surface area contributed by atoms with Gasteiger partial charge in [-0.05, 0) is 42.8 Å². The van der Waals surface area contributed by atoms with Gasteiger partial charge in [0.25, 0.3) is 5.91 Å². The van der Waals surface area contributed by atoms with Crippen LogP contribution in [0.4, 0.5) is 11.4 Å². The molecule has 2 aromatic carbocycles. The Hall–Kier alpha value is -2.42. The third kappa shape index (κ3) is 3.87. The number of nitrogens with one attached hydrogen (secondary N) is 1. The number of hydrogen-bond acceptors (Lipinski definition) is 5. The lowest BCUT2D eigenvalue weighted by molar-refractivity contribution is 0.0730. The standard InChI is InChI=1S/C18H21N3O4S/c1-13-5-6-14(19)11-17(13)18(22)20-15-3-2-4-16(12-15)26(23,24)21-7-9-25-10-8-21/h2-6,11-12H,7-10,19H2,1H3,(H,20,22). The van der Waals surface area contributed by atoms with E-state index in [0.29, 0.717) is 43.2 Å². The number of nitrogens with two attached hydrogens (primary N) is 1. The van der Waals surface area contributed by atoms with Gasteiger partial charge in [0.15, 0.2) is 0 Å². The summed E-state index contributed by atoms with van der Waals surface area (Å²) in [5, 5.41) is 2.74. The van der Waals surface area contributed by atoms with Crippen molar-refractivity contribution < 1.29 is 17.9 Å². The predicted octanol–water partition coefficient (Wildman–Crippen LogP) is 1.85. The first-order valence-electron chi connectivity index (χ1n) is 8.23. The number of carbonyl (C=O) groups excluding carboxylic acids is 1. The molecule has 0 spiro atoms. The molecule has 26 heavy (non-hydrogen) atoms. The minimum absolute atomic E-state index is 0.140. The molecule has 1 aliphatic heterocycles. The Bertz CT molecular complexity index is 922. The van der Waals surface area contributed by atoms with Gasteiger partial charge in [0.2, 0.25) is 10.0 Å². The largest absolute Gasteiger partial charge is 0.399 e. The third-order valence-corrected chi connectivity index (χ3v) is 6.10. The molecule has 138 valence electrons. The summed E-state index contributed by atoms with van der Waals surface area (Å²) in [5.41, 5.74) is 7.88. The molecule has 0 bridgehead atoms. The van der Waals surface area contributed by atoms with Crippen LogP contribution < -0.4 is 11.1 Å². The van der Waals surface area contributed by atoms with Crippen LogP contribution in [0, 0.1) is 6.92 Å². The highest BCUT2D eigenvalue weighted by atomic mass is 32.2. The van der Waals surface area contributed by atoms with Crippen LogP contribution in [0.3, 0.4) is 0 Å². The fraction of sp³-hybridized carbons (Fsp3) is 0.278. The van der Waals surface area contributed by atoms with Crippen molar-refractivity contribution in [1.29, 1.82) is 0 Å². The molecule has 0 unspecified atom stereocenters. The van der Waals surface area contributed by atoms with E-state index in [1.807, 2.05) is 6.92 Å². The van der Waals surface area contributed by atoms with E-state index in [0.717, 1.165) is 5.56 Å². The molecule has 8 heteroatoms. The third-order valence-electron chi connectivity index (χ3n) is 4.21. The van der Waals surface area contributed by atoms with Crippen LogP contribution in [0.25, 0.3) is 0 Å². The van der Waals surface area contributed by atoms with Gasteiger partial charge in [-0.3, -0.25) is 4.79 Å². The highest BCUT2D eigenvalue weighted by Gasteiger charge is 2.26. The van der Waals surface area contributed by atoms with E-state index in [1.165, 1.54) is 16.4 Å². The number of anilines is 2. The molecule has 3 N–H and O–H groups in total. The zero-order valence-electron chi connectivity index (χ0n) is 14.4. The molecule has 0 saturated carbocycles. The smallest absolute Gasteiger partial charge is 0.256 e. The van der Waals surface area contributed by atoms with E-state index in [-0.39, 0.29) is 10.8 Å². The number of nitrogens with zero attached hydrogens (tertiary/aromatic N) is 1. The van der Waals surface area contributed by atoms with Gasteiger partial charge < -0.3 is 15.8 Å². The van der Waals surface area contributed by atoms with Crippen LogP contribution in [0.15, 0.2) is 47.4 Å². The summed E-state index contributed by atoms with van der Waals surface area (Å²) in [5.74, 6) is -0.337. The van der Waals surface area contributed by atoms with Crippen LogP contribution in [0.5, 0.6) is 0 Å². The predicted molar refractivity (Wildman–Crippen MR) is 99.6 cm³/mol. The number of sulfonamides is 1. The summed E-state index contributed by atoms with van der Waals surface area (Å²) in [7, 11) is -3.62. The Morgan fingerprint density at radius 3 is 2.62 bits per heavy atom. The van der Waals surface area contributed by atoms with Gasteiger partial charge in [-0.1, -0.05) is 12.1 Å². The average molecular weight is 375 g/mol. The van der Waals surface area contributed by atoms with E-state index < -0.39 is 10.0 Å². The van der Waals surface area contributed by atoms with Crippen molar-refractivity contribution in [3.05, 3.63) is 53.6 Å².